The van der Waals surface area contributed by atoms with E-state index in [9.17, 15) is 13.2 Å². The van der Waals surface area contributed by atoms with Gasteiger partial charge >= 0.3 is 5.97 Å². The highest BCUT2D eigenvalue weighted by atomic mass is 79.9. The molecule has 0 bridgehead atoms. The number of rotatable bonds is 10. The molecule has 1 aromatic rings. The van der Waals surface area contributed by atoms with Gasteiger partial charge in [-0.3, -0.25) is 4.79 Å². The van der Waals surface area contributed by atoms with Crippen LogP contribution in [0.2, 0.25) is 0 Å². The van der Waals surface area contributed by atoms with Gasteiger partial charge in [-0.05, 0) is 18.4 Å². The van der Waals surface area contributed by atoms with E-state index in [1.807, 2.05) is 13.0 Å². The third-order valence-electron chi connectivity index (χ3n) is 2.95. The number of sulfonamides is 1. The maximum Gasteiger partial charge on any atom is 0.324 e. The van der Waals surface area contributed by atoms with Gasteiger partial charge in [-0.15, -0.1) is 0 Å². The maximum absolute atomic E-state index is 12.2. The highest BCUT2D eigenvalue weighted by molar-refractivity contribution is 9.09. The van der Waals surface area contributed by atoms with Gasteiger partial charge in [0, 0.05) is 5.33 Å². The first-order chi connectivity index (χ1) is 10.5. The monoisotopic (exact) mass is 391 g/mol. The lowest BCUT2D eigenvalue weighted by Crippen LogP contribution is -2.42. The molecule has 0 unspecified atom stereocenters. The molecule has 1 N–H and O–H groups in total. The zero-order chi connectivity index (χ0) is 16.4. The van der Waals surface area contributed by atoms with Crippen LogP contribution in [0, 0.1) is 0 Å². The van der Waals surface area contributed by atoms with Crippen molar-refractivity contribution >= 4 is 31.9 Å². The Morgan fingerprint density at radius 3 is 2.59 bits per heavy atom. The molecule has 0 aliphatic rings. The minimum absolute atomic E-state index is 0.158. The van der Waals surface area contributed by atoms with E-state index in [2.05, 4.69) is 20.7 Å². The Bertz CT molecular complexity index is 548. The van der Waals surface area contributed by atoms with E-state index in [1.54, 1.807) is 24.3 Å². The quantitative estimate of drug-likeness (QED) is 0.378. The molecule has 1 aromatic carbocycles. The van der Waals surface area contributed by atoms with E-state index in [-0.39, 0.29) is 5.75 Å². The predicted octanol–water partition coefficient (Wildman–Crippen LogP) is 2.60. The molecule has 0 heterocycles. The fraction of sp³-hybridized carbons (Fsp3) is 0.533. The highest BCUT2D eigenvalue weighted by Crippen LogP contribution is 2.08. The van der Waals surface area contributed by atoms with Gasteiger partial charge in [0.1, 0.15) is 6.04 Å². The molecule has 1 atom stereocenters. The molecule has 0 aliphatic carbocycles. The van der Waals surface area contributed by atoms with Gasteiger partial charge in [0.05, 0.1) is 12.4 Å². The van der Waals surface area contributed by atoms with Crippen LogP contribution >= 0.6 is 15.9 Å². The van der Waals surface area contributed by atoms with E-state index < -0.39 is 22.0 Å². The van der Waals surface area contributed by atoms with Crippen LogP contribution in [0.3, 0.4) is 0 Å². The molecule has 0 aromatic heterocycles. The maximum atomic E-state index is 12.2. The molecule has 0 saturated heterocycles. The van der Waals surface area contributed by atoms with Gasteiger partial charge in [0.15, 0.2) is 0 Å². The van der Waals surface area contributed by atoms with Crippen LogP contribution < -0.4 is 4.72 Å². The minimum Gasteiger partial charge on any atom is -0.465 e. The van der Waals surface area contributed by atoms with Gasteiger partial charge in [-0.25, -0.2) is 13.1 Å². The molecular formula is C15H22BrNO4S. The lowest BCUT2D eigenvalue weighted by atomic mass is 10.2. The summed E-state index contributed by atoms with van der Waals surface area (Å²) in [5, 5.41) is 0.508. The topological polar surface area (TPSA) is 72.5 Å². The first-order valence-corrected chi connectivity index (χ1v) is 10.0. The first kappa shape index (κ1) is 19.1. The van der Waals surface area contributed by atoms with Gasteiger partial charge in [-0.2, -0.15) is 0 Å². The van der Waals surface area contributed by atoms with Crippen molar-refractivity contribution < 1.29 is 17.9 Å². The average molecular weight is 392 g/mol. The molecule has 0 amide bonds. The number of nitrogens with one attached hydrogen (secondary N) is 1. The van der Waals surface area contributed by atoms with Crippen LogP contribution in [-0.4, -0.2) is 32.4 Å². The Balaban J connectivity index is 2.66. The van der Waals surface area contributed by atoms with E-state index in [1.165, 1.54) is 0 Å². The molecule has 22 heavy (non-hydrogen) atoms. The van der Waals surface area contributed by atoms with Crippen molar-refractivity contribution in [1.29, 1.82) is 0 Å². The summed E-state index contributed by atoms with van der Waals surface area (Å²) in [7, 11) is -3.60. The molecule has 1 rings (SSSR count). The van der Waals surface area contributed by atoms with Crippen molar-refractivity contribution in [3.8, 4) is 0 Å². The second-order valence-electron chi connectivity index (χ2n) is 4.91. The Labute approximate surface area is 140 Å². The Kier molecular flexibility index (Phi) is 8.67. The molecular weight excluding hydrogens is 370 g/mol. The molecule has 5 nitrogen and oxygen atoms in total. The van der Waals surface area contributed by atoms with Gasteiger partial charge < -0.3 is 4.74 Å². The zero-order valence-corrected chi connectivity index (χ0v) is 15.0. The molecule has 0 fully saturated rings. The lowest BCUT2D eigenvalue weighted by molar-refractivity contribution is -0.145. The van der Waals surface area contributed by atoms with E-state index >= 15 is 0 Å². The second kappa shape index (κ2) is 9.97. The second-order valence-corrected chi connectivity index (χ2v) is 7.46. The number of hydrogen-bond acceptors (Lipinski definition) is 4. The van der Waals surface area contributed by atoms with Crippen LogP contribution in [0.4, 0.5) is 0 Å². The summed E-state index contributed by atoms with van der Waals surface area (Å²) in [5.74, 6) is -0.681. The van der Waals surface area contributed by atoms with Crippen LogP contribution in [0.15, 0.2) is 30.3 Å². The number of carbonyl (C=O) groups is 1. The van der Waals surface area contributed by atoms with Gasteiger partial charge in [-0.1, -0.05) is 59.6 Å². The third-order valence-corrected chi connectivity index (χ3v) is 4.76. The predicted molar refractivity (Wildman–Crippen MR) is 90.3 cm³/mol. The zero-order valence-electron chi connectivity index (χ0n) is 12.6. The molecule has 0 saturated carbocycles. The van der Waals surface area contributed by atoms with Crippen molar-refractivity contribution in [1.82, 2.24) is 4.72 Å². The summed E-state index contributed by atoms with van der Waals surface area (Å²) in [6, 6.07) is 7.99. The number of unbranched alkanes of at least 4 members (excludes halogenated alkanes) is 1. The number of benzene rings is 1. The number of esters is 1. The number of alkyl halides is 1. The highest BCUT2D eigenvalue weighted by Gasteiger charge is 2.25. The Morgan fingerprint density at radius 1 is 1.32 bits per heavy atom. The summed E-state index contributed by atoms with van der Waals surface area (Å²) in [6.07, 6.45) is 2.03. The Morgan fingerprint density at radius 2 is 2.00 bits per heavy atom. The standard InChI is InChI=1S/C15H22BrNO4S/c1-2-3-11-21-15(18)14(9-10-16)17-22(19,20)12-13-7-5-4-6-8-13/h4-8,14,17H,2-3,9-12H2,1H3/t14-/m1/s1. The number of halogens is 1. The molecule has 0 aliphatic heterocycles. The van der Waals surface area contributed by atoms with Crippen LogP contribution in [0.1, 0.15) is 31.7 Å². The number of hydrogen-bond donors (Lipinski definition) is 1. The normalized spacial score (nSPS) is 12.8. The summed E-state index contributed by atoms with van der Waals surface area (Å²) < 4.78 is 31.9. The molecule has 7 heteroatoms. The smallest absolute Gasteiger partial charge is 0.324 e. The minimum atomic E-state index is -3.60. The summed E-state index contributed by atoms with van der Waals surface area (Å²) in [4.78, 5) is 12.0. The molecule has 124 valence electrons. The van der Waals surface area contributed by atoms with Crippen LogP contribution in [-0.2, 0) is 25.3 Å². The van der Waals surface area contributed by atoms with Gasteiger partial charge in [0.2, 0.25) is 10.0 Å². The number of ether oxygens (including phenoxy) is 1. The van der Waals surface area contributed by atoms with Crippen molar-refractivity contribution in [2.24, 2.45) is 0 Å². The first-order valence-electron chi connectivity index (χ1n) is 7.25. The van der Waals surface area contributed by atoms with E-state index in [4.69, 9.17) is 4.74 Å². The number of carbonyl (C=O) groups excluding carboxylic acids is 1. The largest absolute Gasteiger partial charge is 0.465 e. The Hall–Kier alpha value is -0.920. The van der Waals surface area contributed by atoms with E-state index in [0.29, 0.717) is 23.9 Å². The van der Waals surface area contributed by atoms with Crippen molar-refractivity contribution in [3.63, 3.8) is 0 Å². The summed E-state index contributed by atoms with van der Waals surface area (Å²) in [5.41, 5.74) is 0.673. The van der Waals surface area contributed by atoms with Crippen LogP contribution in [0.25, 0.3) is 0 Å². The molecule has 0 radical (unpaired) electrons. The van der Waals surface area contributed by atoms with Crippen molar-refractivity contribution in [2.45, 2.75) is 38.0 Å². The van der Waals surface area contributed by atoms with Crippen LogP contribution in [0.5, 0.6) is 0 Å². The SMILES string of the molecule is CCCCOC(=O)[C@@H](CCBr)NS(=O)(=O)Cc1ccccc1. The van der Waals surface area contributed by atoms with Crippen molar-refractivity contribution in [3.05, 3.63) is 35.9 Å². The fourth-order valence-corrected chi connectivity index (χ4v) is 3.62. The summed E-state index contributed by atoms with van der Waals surface area (Å²) in [6.45, 7) is 2.31. The lowest BCUT2D eigenvalue weighted by Gasteiger charge is -2.17. The van der Waals surface area contributed by atoms with Crippen molar-refractivity contribution in [2.75, 3.05) is 11.9 Å². The summed E-state index contributed by atoms with van der Waals surface area (Å²) >= 11 is 3.23. The van der Waals surface area contributed by atoms with Gasteiger partial charge in [0.25, 0.3) is 0 Å². The third kappa shape index (κ3) is 7.38. The fourth-order valence-electron chi connectivity index (χ4n) is 1.80. The van der Waals surface area contributed by atoms with E-state index in [0.717, 1.165) is 12.8 Å². The average Bonchev–Trinajstić information content (AvgIpc) is 2.47. The molecule has 0 spiro atoms.